The van der Waals surface area contributed by atoms with Gasteiger partial charge in [-0.15, -0.1) is 0 Å². The van der Waals surface area contributed by atoms with Crippen molar-refractivity contribution < 1.29 is 14.3 Å². The second-order valence-corrected chi connectivity index (χ2v) is 7.28. The first kappa shape index (κ1) is 19.1. The van der Waals surface area contributed by atoms with E-state index < -0.39 is 17.2 Å². The monoisotopic (exact) mass is 392 g/mol. The van der Waals surface area contributed by atoms with Crippen molar-refractivity contribution in [3.8, 4) is 0 Å². The fourth-order valence-corrected chi connectivity index (χ4v) is 3.75. The van der Waals surface area contributed by atoms with E-state index in [0.29, 0.717) is 36.8 Å². The Labute approximate surface area is 161 Å². The summed E-state index contributed by atoms with van der Waals surface area (Å²) in [5.41, 5.74) is 4.59. The molecule has 27 heavy (non-hydrogen) atoms. The molecular weight excluding hydrogens is 372 g/mol. The number of nitrogens with one attached hydrogen (secondary N) is 2. The van der Waals surface area contributed by atoms with Gasteiger partial charge in [-0.2, -0.15) is 0 Å². The lowest BCUT2D eigenvalue weighted by Crippen LogP contribution is -2.62. The average molecular weight is 393 g/mol. The Kier molecular flexibility index (Phi) is 4.83. The molecule has 1 aromatic heterocycles. The number of hydrogen-bond donors (Lipinski definition) is 3. The Bertz CT molecular complexity index is 853. The van der Waals surface area contributed by atoms with Crippen LogP contribution in [0.3, 0.4) is 0 Å². The second kappa shape index (κ2) is 6.82. The van der Waals surface area contributed by atoms with Crippen LogP contribution in [-0.2, 0) is 14.3 Å². The van der Waals surface area contributed by atoms with Gasteiger partial charge < -0.3 is 21.1 Å². The number of ether oxygens (including phenoxy) is 1. The zero-order valence-corrected chi connectivity index (χ0v) is 16.0. The minimum absolute atomic E-state index is 0.0774. The van der Waals surface area contributed by atoms with Crippen LogP contribution in [0.1, 0.15) is 27.2 Å². The maximum absolute atomic E-state index is 12.6. The van der Waals surface area contributed by atoms with Gasteiger partial charge >= 0.3 is 0 Å². The first-order chi connectivity index (χ1) is 12.7. The van der Waals surface area contributed by atoms with Crippen molar-refractivity contribution in [1.82, 2.24) is 20.2 Å². The molecule has 2 aliphatic rings. The van der Waals surface area contributed by atoms with E-state index >= 15 is 0 Å². The number of amides is 2. The smallest absolute Gasteiger partial charge is 0.271 e. The molecule has 2 aliphatic heterocycles. The van der Waals surface area contributed by atoms with Crippen LogP contribution in [-0.4, -0.2) is 45.1 Å². The molecule has 2 amide bonds. The molecule has 3 heterocycles. The minimum atomic E-state index is -0.961. The van der Waals surface area contributed by atoms with Crippen molar-refractivity contribution in [2.45, 2.75) is 38.5 Å². The van der Waals surface area contributed by atoms with E-state index in [2.05, 4.69) is 20.6 Å². The van der Waals surface area contributed by atoms with Gasteiger partial charge in [0.25, 0.3) is 5.91 Å². The molecule has 0 bridgehead atoms. The van der Waals surface area contributed by atoms with E-state index in [-0.39, 0.29) is 10.7 Å². The number of nitrogens with zero attached hydrogens (tertiary/aromatic N) is 3. The molecule has 0 aliphatic carbocycles. The van der Waals surface area contributed by atoms with Crippen LogP contribution >= 0.6 is 11.6 Å². The number of carbonyl (C=O) groups is 2. The van der Waals surface area contributed by atoms with Crippen molar-refractivity contribution in [3.05, 3.63) is 34.9 Å². The molecule has 9 nitrogen and oxygen atoms in total. The van der Waals surface area contributed by atoms with Crippen molar-refractivity contribution in [2.75, 3.05) is 17.7 Å². The van der Waals surface area contributed by atoms with Gasteiger partial charge in [0.1, 0.15) is 29.3 Å². The van der Waals surface area contributed by atoms with Crippen molar-refractivity contribution in [3.63, 3.8) is 0 Å². The molecule has 3 rings (SSSR count). The minimum Gasteiger partial charge on any atom is -0.384 e. The predicted octanol–water partition coefficient (Wildman–Crippen LogP) is 1.31. The maximum Gasteiger partial charge on any atom is 0.271 e. The highest BCUT2D eigenvalue weighted by atomic mass is 35.5. The highest BCUT2D eigenvalue weighted by molar-refractivity contribution is 6.33. The molecule has 0 saturated carbocycles. The number of allylic oxidation sites excluding steroid dienone is 3. The van der Waals surface area contributed by atoms with Crippen LogP contribution in [0.25, 0.3) is 0 Å². The number of carbonyl (C=O) groups excluding carboxylic acids is 2. The maximum atomic E-state index is 12.6. The van der Waals surface area contributed by atoms with Gasteiger partial charge in [-0.25, -0.2) is 9.97 Å². The quantitative estimate of drug-likeness (QED) is 0.521. The van der Waals surface area contributed by atoms with Crippen LogP contribution in [0.5, 0.6) is 0 Å². The van der Waals surface area contributed by atoms with Gasteiger partial charge in [0.15, 0.2) is 5.66 Å². The van der Waals surface area contributed by atoms with Crippen LogP contribution in [0, 0.1) is 0 Å². The van der Waals surface area contributed by atoms with Crippen molar-refractivity contribution in [1.29, 1.82) is 0 Å². The predicted molar refractivity (Wildman–Crippen MR) is 100 cm³/mol. The summed E-state index contributed by atoms with van der Waals surface area (Å²) in [4.78, 5) is 33.7. The molecule has 144 valence electrons. The Balaban J connectivity index is 1.93. The number of hydrogen-bond acceptors (Lipinski definition) is 7. The zero-order chi connectivity index (χ0) is 19.8. The Morgan fingerprint density at radius 2 is 2.22 bits per heavy atom. The number of nitrogen functional groups attached to an aromatic ring is 1. The van der Waals surface area contributed by atoms with Gasteiger partial charge in [0, 0.05) is 18.2 Å². The molecule has 4 N–H and O–H groups in total. The summed E-state index contributed by atoms with van der Waals surface area (Å²) in [7, 11) is 0. The van der Waals surface area contributed by atoms with E-state index in [1.54, 1.807) is 19.1 Å². The van der Waals surface area contributed by atoms with Gasteiger partial charge in [-0.3, -0.25) is 14.5 Å². The summed E-state index contributed by atoms with van der Waals surface area (Å²) in [5.74, 6) is 0.370. The molecule has 1 aromatic rings. The number of nitrogens with two attached hydrogens (primary N) is 1. The summed E-state index contributed by atoms with van der Waals surface area (Å²) in [6, 6.07) is 1.56. The van der Waals surface area contributed by atoms with E-state index in [1.807, 2.05) is 13.8 Å². The van der Waals surface area contributed by atoms with Crippen molar-refractivity contribution >= 4 is 35.6 Å². The van der Waals surface area contributed by atoms with Crippen LogP contribution < -0.4 is 16.4 Å². The van der Waals surface area contributed by atoms with Gasteiger partial charge in [-0.1, -0.05) is 11.6 Å². The summed E-state index contributed by atoms with van der Waals surface area (Å²) in [6.45, 7) is 5.83. The molecule has 2 saturated heterocycles. The summed E-state index contributed by atoms with van der Waals surface area (Å²) in [5, 5.41) is 6.01. The van der Waals surface area contributed by atoms with E-state index in [9.17, 15) is 9.59 Å². The fourth-order valence-electron chi connectivity index (χ4n) is 3.41. The standard InChI is InChI=1S/C17H21ClN6O3/c1-10(22-13-7-12(19)20-8-21-13)6-11(18)14-15(26)23-17(24(14)9-25)4-5-27-16(17,2)3/h6-9H,4-5H2,1-3H3,(H,23,26)(H3,19,20,21,22)/b10-6+,14-11+. The molecule has 1 spiro atoms. The Morgan fingerprint density at radius 1 is 1.48 bits per heavy atom. The molecule has 10 heteroatoms. The van der Waals surface area contributed by atoms with Crippen LogP contribution in [0.15, 0.2) is 34.9 Å². The number of halogens is 1. The third-order valence-corrected chi connectivity index (χ3v) is 5.09. The Morgan fingerprint density at radius 3 is 2.81 bits per heavy atom. The molecule has 0 aromatic carbocycles. The lowest BCUT2D eigenvalue weighted by Gasteiger charge is -2.40. The normalized spacial score (nSPS) is 26.3. The zero-order valence-electron chi connectivity index (χ0n) is 15.2. The third-order valence-electron chi connectivity index (χ3n) is 4.80. The Hall–Kier alpha value is -2.65. The number of aromatic nitrogens is 2. The molecule has 1 atom stereocenters. The molecule has 1 unspecified atom stereocenters. The third kappa shape index (κ3) is 3.24. The summed E-state index contributed by atoms with van der Waals surface area (Å²) in [6.07, 6.45) is 3.95. The number of anilines is 2. The highest BCUT2D eigenvalue weighted by Gasteiger charge is 2.61. The van der Waals surface area contributed by atoms with Gasteiger partial charge in [-0.05, 0) is 26.8 Å². The van der Waals surface area contributed by atoms with Crippen LogP contribution in [0.4, 0.5) is 11.6 Å². The highest BCUT2D eigenvalue weighted by Crippen LogP contribution is 2.44. The topological polar surface area (TPSA) is 122 Å². The summed E-state index contributed by atoms with van der Waals surface area (Å²) >= 11 is 6.41. The molecular formula is C17H21ClN6O3. The van der Waals surface area contributed by atoms with E-state index in [0.717, 1.165) is 0 Å². The first-order valence-corrected chi connectivity index (χ1v) is 8.72. The number of rotatable bonds is 4. The van der Waals surface area contributed by atoms with Gasteiger partial charge in [0.2, 0.25) is 6.41 Å². The lowest BCUT2D eigenvalue weighted by molar-refractivity contribution is -0.127. The summed E-state index contributed by atoms with van der Waals surface area (Å²) < 4.78 is 5.72. The molecule has 2 fully saturated rings. The van der Waals surface area contributed by atoms with Crippen LogP contribution in [0.2, 0.25) is 0 Å². The largest absolute Gasteiger partial charge is 0.384 e. The SMILES string of the molecule is C/C(=C\C(Cl)=C1\C(=O)NC2(CCOC2(C)C)N1C=O)Nc1cc(N)ncn1. The first-order valence-electron chi connectivity index (χ1n) is 8.34. The lowest BCUT2D eigenvalue weighted by atomic mass is 9.90. The van der Waals surface area contributed by atoms with Crippen molar-refractivity contribution in [2.24, 2.45) is 0 Å². The van der Waals surface area contributed by atoms with E-state index in [4.69, 9.17) is 22.1 Å². The van der Waals surface area contributed by atoms with E-state index in [1.165, 1.54) is 11.2 Å². The average Bonchev–Trinajstić information content (AvgIpc) is 3.03. The van der Waals surface area contributed by atoms with Gasteiger partial charge in [0.05, 0.1) is 11.6 Å². The fraction of sp³-hybridized carbons (Fsp3) is 0.412. The molecule has 0 radical (unpaired) electrons. The second-order valence-electron chi connectivity index (χ2n) is 6.88.